The van der Waals surface area contributed by atoms with Gasteiger partial charge in [-0.2, -0.15) is 5.10 Å². The highest BCUT2D eigenvalue weighted by atomic mass is 19.1. The lowest BCUT2D eigenvalue weighted by Gasteiger charge is -2.33. The van der Waals surface area contributed by atoms with Crippen LogP contribution in [0.25, 0.3) is 5.69 Å². The summed E-state index contributed by atoms with van der Waals surface area (Å²) < 4.78 is 28.4. The van der Waals surface area contributed by atoms with E-state index < -0.39 is 0 Å². The number of hydrogen-bond donors (Lipinski definition) is 1. The Bertz CT molecular complexity index is 972. The van der Waals surface area contributed by atoms with Crippen molar-refractivity contribution in [3.63, 3.8) is 0 Å². The Labute approximate surface area is 155 Å². The van der Waals surface area contributed by atoms with Gasteiger partial charge in [0.2, 0.25) is 0 Å². The van der Waals surface area contributed by atoms with Gasteiger partial charge in [0.15, 0.2) is 0 Å². The normalized spacial score (nSPS) is 17.1. The zero-order chi connectivity index (χ0) is 18.8. The lowest BCUT2D eigenvalue weighted by atomic mass is 10.0. The highest BCUT2D eigenvalue weighted by molar-refractivity contribution is 5.94. The number of carbonyl (C=O) groups is 1. The van der Waals surface area contributed by atoms with Crippen LogP contribution in [-0.4, -0.2) is 40.2 Å². The van der Waals surface area contributed by atoms with Crippen molar-refractivity contribution in [2.24, 2.45) is 0 Å². The van der Waals surface area contributed by atoms with Crippen LogP contribution in [0, 0.1) is 11.6 Å². The quantitative estimate of drug-likeness (QED) is 0.773. The second kappa shape index (κ2) is 7.28. The molecular formula is C20H18F2N4O. The Morgan fingerprint density at radius 1 is 1.11 bits per heavy atom. The van der Waals surface area contributed by atoms with Crippen molar-refractivity contribution in [1.29, 1.82) is 0 Å². The van der Waals surface area contributed by atoms with E-state index in [0.717, 1.165) is 5.56 Å². The maximum absolute atomic E-state index is 13.5. The third-order valence-corrected chi connectivity index (χ3v) is 4.62. The van der Waals surface area contributed by atoms with Crippen molar-refractivity contribution in [1.82, 2.24) is 20.0 Å². The molecule has 0 aliphatic carbocycles. The van der Waals surface area contributed by atoms with Gasteiger partial charge in [0.1, 0.15) is 11.6 Å². The number of benzene rings is 2. The predicted octanol–water partition coefficient (Wildman–Crippen LogP) is 2.94. The predicted molar refractivity (Wildman–Crippen MR) is 96.6 cm³/mol. The summed E-state index contributed by atoms with van der Waals surface area (Å²) in [6, 6.07) is 12.3. The zero-order valence-electron chi connectivity index (χ0n) is 14.5. The van der Waals surface area contributed by atoms with Gasteiger partial charge in [-0.25, -0.2) is 13.5 Å². The molecule has 1 saturated heterocycles. The van der Waals surface area contributed by atoms with E-state index >= 15 is 0 Å². The van der Waals surface area contributed by atoms with Crippen molar-refractivity contribution >= 4 is 5.91 Å². The summed E-state index contributed by atoms with van der Waals surface area (Å²) in [6.45, 7) is 1.61. The van der Waals surface area contributed by atoms with Gasteiger partial charge in [-0.05, 0) is 35.9 Å². The average molecular weight is 368 g/mol. The molecule has 1 aromatic heterocycles. The van der Waals surface area contributed by atoms with Gasteiger partial charge in [-0.1, -0.05) is 18.2 Å². The molecule has 1 unspecified atom stereocenters. The van der Waals surface area contributed by atoms with E-state index in [2.05, 4.69) is 10.4 Å². The Kier molecular flexibility index (Phi) is 4.68. The van der Waals surface area contributed by atoms with Crippen LogP contribution in [0.2, 0.25) is 0 Å². The molecule has 4 rings (SSSR count). The topological polar surface area (TPSA) is 50.2 Å². The minimum absolute atomic E-state index is 0.128. The van der Waals surface area contributed by atoms with Crippen molar-refractivity contribution in [2.75, 3.05) is 19.6 Å². The minimum atomic E-state index is -0.365. The van der Waals surface area contributed by atoms with Gasteiger partial charge in [-0.15, -0.1) is 0 Å². The molecule has 0 bridgehead atoms. The molecule has 138 valence electrons. The first-order valence-corrected chi connectivity index (χ1v) is 8.69. The van der Waals surface area contributed by atoms with Gasteiger partial charge in [-0.3, -0.25) is 4.79 Å². The molecule has 1 atom stereocenters. The summed E-state index contributed by atoms with van der Waals surface area (Å²) >= 11 is 0. The highest BCUT2D eigenvalue weighted by Crippen LogP contribution is 2.20. The molecule has 7 heteroatoms. The molecule has 5 nitrogen and oxygen atoms in total. The van der Waals surface area contributed by atoms with Gasteiger partial charge in [0.25, 0.3) is 5.91 Å². The van der Waals surface area contributed by atoms with Gasteiger partial charge < -0.3 is 10.2 Å². The smallest absolute Gasteiger partial charge is 0.257 e. The molecule has 1 N–H and O–H groups in total. The van der Waals surface area contributed by atoms with Gasteiger partial charge >= 0.3 is 0 Å². The minimum Gasteiger partial charge on any atom is -0.335 e. The monoisotopic (exact) mass is 368 g/mol. The van der Waals surface area contributed by atoms with Crippen LogP contribution in [-0.2, 0) is 0 Å². The second-order valence-electron chi connectivity index (χ2n) is 6.47. The SMILES string of the molecule is O=C(c1cnn(-c2cccc(F)c2)c1)N1CCNC(c2cccc(F)c2)C1. The van der Waals surface area contributed by atoms with Crippen LogP contribution >= 0.6 is 0 Å². The van der Waals surface area contributed by atoms with E-state index in [-0.39, 0.29) is 23.6 Å². The number of nitrogens with one attached hydrogen (secondary N) is 1. The summed E-state index contributed by atoms with van der Waals surface area (Å²) in [6.07, 6.45) is 3.07. The fourth-order valence-corrected chi connectivity index (χ4v) is 3.26. The van der Waals surface area contributed by atoms with E-state index in [9.17, 15) is 13.6 Å². The van der Waals surface area contributed by atoms with E-state index in [1.54, 1.807) is 29.3 Å². The van der Waals surface area contributed by atoms with Crippen LogP contribution < -0.4 is 5.32 Å². The Morgan fingerprint density at radius 2 is 1.89 bits per heavy atom. The van der Waals surface area contributed by atoms with Crippen molar-refractivity contribution in [3.05, 3.63) is 83.7 Å². The van der Waals surface area contributed by atoms with E-state index in [0.29, 0.717) is 30.9 Å². The summed E-state index contributed by atoms with van der Waals surface area (Å²) in [5.74, 6) is -0.814. The van der Waals surface area contributed by atoms with Crippen LogP contribution in [0.3, 0.4) is 0 Å². The largest absolute Gasteiger partial charge is 0.335 e. The molecule has 0 spiro atoms. The fraction of sp³-hybridized carbons (Fsp3) is 0.200. The first kappa shape index (κ1) is 17.4. The van der Waals surface area contributed by atoms with E-state index in [1.165, 1.54) is 35.1 Å². The van der Waals surface area contributed by atoms with E-state index in [1.807, 2.05) is 6.07 Å². The Hall–Kier alpha value is -3.06. The van der Waals surface area contributed by atoms with Gasteiger partial charge in [0.05, 0.1) is 23.5 Å². The van der Waals surface area contributed by atoms with Crippen molar-refractivity contribution < 1.29 is 13.6 Å². The average Bonchev–Trinajstić information content (AvgIpc) is 3.18. The molecule has 1 aliphatic rings. The third-order valence-electron chi connectivity index (χ3n) is 4.62. The number of carbonyl (C=O) groups excluding carboxylic acids is 1. The molecule has 2 aromatic carbocycles. The van der Waals surface area contributed by atoms with Crippen molar-refractivity contribution in [3.8, 4) is 5.69 Å². The summed E-state index contributed by atoms with van der Waals surface area (Å²) in [7, 11) is 0. The number of halogens is 2. The van der Waals surface area contributed by atoms with Crippen LogP contribution in [0.1, 0.15) is 22.0 Å². The second-order valence-corrected chi connectivity index (χ2v) is 6.47. The molecule has 1 fully saturated rings. The number of nitrogens with zero attached hydrogens (tertiary/aromatic N) is 3. The van der Waals surface area contributed by atoms with Crippen molar-refractivity contribution in [2.45, 2.75) is 6.04 Å². The molecule has 1 aliphatic heterocycles. The standard InChI is InChI=1S/C20H18F2N4O/c21-16-4-1-3-14(9-16)19-13-25(8-7-23-19)20(27)15-11-24-26(12-15)18-6-2-5-17(22)10-18/h1-6,9-12,19,23H,7-8,13H2. The van der Waals surface area contributed by atoms with Crippen LogP contribution in [0.5, 0.6) is 0 Å². The number of aromatic nitrogens is 2. The zero-order valence-corrected chi connectivity index (χ0v) is 14.5. The summed E-state index contributed by atoms with van der Waals surface area (Å²) in [5.41, 5.74) is 1.79. The molecule has 1 amide bonds. The summed E-state index contributed by atoms with van der Waals surface area (Å²) in [5, 5.41) is 7.48. The third kappa shape index (κ3) is 3.73. The molecule has 27 heavy (non-hydrogen) atoms. The van der Waals surface area contributed by atoms with Crippen LogP contribution in [0.15, 0.2) is 60.9 Å². The highest BCUT2D eigenvalue weighted by Gasteiger charge is 2.26. The maximum atomic E-state index is 13.5. The lowest BCUT2D eigenvalue weighted by Crippen LogP contribution is -2.48. The van der Waals surface area contributed by atoms with Gasteiger partial charge in [0, 0.05) is 25.8 Å². The molecular weight excluding hydrogens is 350 g/mol. The first-order valence-electron chi connectivity index (χ1n) is 8.69. The number of amides is 1. The Balaban J connectivity index is 1.51. The molecule has 2 heterocycles. The number of hydrogen-bond acceptors (Lipinski definition) is 3. The molecule has 0 saturated carbocycles. The molecule has 3 aromatic rings. The van der Waals surface area contributed by atoms with E-state index in [4.69, 9.17) is 0 Å². The summed E-state index contributed by atoms with van der Waals surface area (Å²) in [4.78, 5) is 14.6. The maximum Gasteiger partial charge on any atom is 0.257 e. The Morgan fingerprint density at radius 3 is 2.67 bits per heavy atom. The fourth-order valence-electron chi connectivity index (χ4n) is 3.26. The van der Waals surface area contributed by atoms with Crippen LogP contribution in [0.4, 0.5) is 8.78 Å². The number of piperazine rings is 1. The first-order chi connectivity index (χ1) is 13.1. The molecule has 0 radical (unpaired) electrons. The lowest BCUT2D eigenvalue weighted by molar-refractivity contribution is 0.0703. The number of rotatable bonds is 3.